The predicted molar refractivity (Wildman–Crippen MR) is 139 cm³/mol. The molecule has 1 saturated carbocycles. The van der Waals surface area contributed by atoms with E-state index >= 15 is 0 Å². The predicted octanol–water partition coefficient (Wildman–Crippen LogP) is 7.47. The molecular weight excluding hydrogens is 434 g/mol. The van der Waals surface area contributed by atoms with Crippen LogP contribution in [0.15, 0.2) is 89.5 Å². The molecule has 176 valence electrons. The minimum absolute atomic E-state index is 0.163. The van der Waals surface area contributed by atoms with Crippen molar-refractivity contribution in [2.75, 3.05) is 0 Å². The zero-order valence-corrected chi connectivity index (χ0v) is 19.9. The highest BCUT2D eigenvalue weighted by Crippen LogP contribution is 2.51. The first-order valence-electron chi connectivity index (χ1n) is 12.1. The lowest BCUT2D eigenvalue weighted by atomic mass is 9.91. The molecule has 3 aromatic carbocycles. The van der Waals surface area contributed by atoms with E-state index in [1.165, 1.54) is 5.56 Å². The van der Waals surface area contributed by atoms with Gasteiger partial charge in [0.05, 0.1) is 12.1 Å². The van der Waals surface area contributed by atoms with E-state index in [0.29, 0.717) is 0 Å². The van der Waals surface area contributed by atoms with Gasteiger partial charge in [-0.2, -0.15) is 0 Å². The van der Waals surface area contributed by atoms with Crippen molar-refractivity contribution in [3.05, 3.63) is 107 Å². The molecule has 0 spiro atoms. The van der Waals surface area contributed by atoms with Crippen molar-refractivity contribution in [2.24, 2.45) is 0 Å². The van der Waals surface area contributed by atoms with Crippen LogP contribution in [0.4, 0.5) is 0 Å². The van der Waals surface area contributed by atoms with Crippen LogP contribution < -0.4 is 0 Å². The van der Waals surface area contributed by atoms with Gasteiger partial charge in [0.25, 0.3) is 0 Å². The first-order valence-corrected chi connectivity index (χ1v) is 12.1. The summed E-state index contributed by atoms with van der Waals surface area (Å²) in [6.45, 7) is 1.97. The van der Waals surface area contributed by atoms with Crippen LogP contribution in [-0.4, -0.2) is 16.2 Å². The zero-order chi connectivity index (χ0) is 24.3. The van der Waals surface area contributed by atoms with Crippen LogP contribution in [0.25, 0.3) is 28.5 Å². The quantitative estimate of drug-likeness (QED) is 0.280. The maximum atomic E-state index is 11.2. The van der Waals surface area contributed by atoms with Crippen molar-refractivity contribution >= 4 is 12.0 Å². The Hall–Kier alpha value is -3.92. The van der Waals surface area contributed by atoms with Crippen LogP contribution in [0, 0.1) is 6.92 Å². The third kappa shape index (κ3) is 5.12. The lowest BCUT2D eigenvalue weighted by Gasteiger charge is -2.13. The molecule has 0 radical (unpaired) electrons. The molecule has 5 rings (SSSR count). The fourth-order valence-corrected chi connectivity index (χ4v) is 4.72. The molecule has 0 aliphatic heterocycles. The van der Waals surface area contributed by atoms with Gasteiger partial charge in [0.2, 0.25) is 0 Å². The van der Waals surface area contributed by atoms with Crippen LogP contribution in [0.1, 0.15) is 48.1 Å². The molecule has 0 saturated heterocycles. The molecule has 0 bridgehead atoms. The van der Waals surface area contributed by atoms with Gasteiger partial charge in [-0.3, -0.25) is 4.79 Å². The molecule has 0 amide bonds. The van der Waals surface area contributed by atoms with Gasteiger partial charge in [0.15, 0.2) is 5.76 Å². The van der Waals surface area contributed by atoms with Crippen LogP contribution in [-0.2, 0) is 16.6 Å². The Balaban J connectivity index is 1.29. The van der Waals surface area contributed by atoms with Gasteiger partial charge in [0, 0.05) is 16.5 Å². The van der Waals surface area contributed by atoms with Gasteiger partial charge in [-0.25, -0.2) is 0 Å². The first-order chi connectivity index (χ1) is 17.0. The molecule has 1 aromatic heterocycles. The molecular formula is C31H29NO3. The lowest BCUT2D eigenvalue weighted by Crippen LogP contribution is -2.12. The van der Waals surface area contributed by atoms with Crippen LogP contribution >= 0.6 is 0 Å². The standard InChI is InChI=1S/C31H29NO3/c1-22-28(10-6-5-9-23-7-3-2-4-8-23)30(35-32-22)26-13-11-24(12-14-26)25-15-17-27(18-16-25)31(19-20-31)21-29(33)34/h2-4,6-8,10-18H,5,9,19-21H2,1H3,(H,33,34)/b10-6-. The molecule has 4 aromatic rings. The van der Waals surface area contributed by atoms with Crippen molar-refractivity contribution in [2.45, 2.75) is 44.4 Å². The molecule has 1 aliphatic rings. The Kier molecular flexibility index (Phi) is 6.37. The number of nitrogens with zero attached hydrogens (tertiary/aromatic N) is 1. The van der Waals surface area contributed by atoms with Gasteiger partial charge in [-0.1, -0.05) is 96.2 Å². The van der Waals surface area contributed by atoms with Crippen LogP contribution in [0.5, 0.6) is 0 Å². The van der Waals surface area contributed by atoms with Gasteiger partial charge in [-0.15, -0.1) is 0 Å². The Labute approximate surface area is 205 Å². The lowest BCUT2D eigenvalue weighted by molar-refractivity contribution is -0.137. The number of hydrogen-bond donors (Lipinski definition) is 1. The minimum atomic E-state index is -0.727. The molecule has 1 aliphatic carbocycles. The summed E-state index contributed by atoms with van der Waals surface area (Å²) in [5, 5.41) is 13.4. The number of hydrogen-bond acceptors (Lipinski definition) is 3. The van der Waals surface area contributed by atoms with E-state index in [-0.39, 0.29) is 11.8 Å². The summed E-state index contributed by atoms with van der Waals surface area (Å²) in [4.78, 5) is 11.2. The number of carbonyl (C=O) groups is 1. The third-order valence-corrected chi connectivity index (χ3v) is 6.96. The second kappa shape index (κ2) is 9.75. The summed E-state index contributed by atoms with van der Waals surface area (Å²) < 4.78 is 5.68. The van der Waals surface area contributed by atoms with E-state index in [2.05, 4.69) is 90.1 Å². The largest absolute Gasteiger partial charge is 0.481 e. The molecule has 1 N–H and O–H groups in total. The van der Waals surface area contributed by atoms with Crippen LogP contribution in [0.3, 0.4) is 0 Å². The highest BCUT2D eigenvalue weighted by Gasteiger charge is 2.45. The van der Waals surface area contributed by atoms with Crippen molar-refractivity contribution in [1.82, 2.24) is 5.16 Å². The van der Waals surface area contributed by atoms with Crippen molar-refractivity contribution < 1.29 is 14.4 Å². The summed E-state index contributed by atoms with van der Waals surface area (Å²) >= 11 is 0. The fourth-order valence-electron chi connectivity index (χ4n) is 4.72. The van der Waals surface area contributed by atoms with Crippen molar-refractivity contribution in [3.63, 3.8) is 0 Å². The van der Waals surface area contributed by atoms with Gasteiger partial charge < -0.3 is 9.63 Å². The molecule has 4 heteroatoms. The maximum Gasteiger partial charge on any atom is 0.304 e. The topological polar surface area (TPSA) is 63.3 Å². The number of benzene rings is 3. The Morgan fingerprint density at radius 1 is 0.943 bits per heavy atom. The van der Waals surface area contributed by atoms with Crippen molar-refractivity contribution in [3.8, 4) is 22.5 Å². The number of carboxylic acid groups (broad SMARTS) is 1. The van der Waals surface area contributed by atoms with Crippen molar-refractivity contribution in [1.29, 1.82) is 0 Å². The number of aliphatic carboxylic acids is 1. The van der Waals surface area contributed by atoms with E-state index in [1.54, 1.807) is 0 Å². The second-order valence-corrected chi connectivity index (χ2v) is 9.44. The van der Waals surface area contributed by atoms with Gasteiger partial charge in [-0.05, 0) is 54.9 Å². The smallest absolute Gasteiger partial charge is 0.304 e. The molecule has 35 heavy (non-hydrogen) atoms. The Morgan fingerprint density at radius 3 is 2.20 bits per heavy atom. The molecule has 4 nitrogen and oxygen atoms in total. The highest BCUT2D eigenvalue weighted by atomic mass is 16.5. The normalized spacial score (nSPS) is 14.3. The summed E-state index contributed by atoms with van der Waals surface area (Å²) in [6.07, 6.45) is 8.36. The summed E-state index contributed by atoms with van der Waals surface area (Å²) in [6, 6.07) is 27.1. The summed E-state index contributed by atoms with van der Waals surface area (Å²) in [5.74, 6) is 0.0555. The fraction of sp³-hybridized carbons (Fsp3) is 0.226. The second-order valence-electron chi connectivity index (χ2n) is 9.44. The molecule has 0 atom stereocenters. The minimum Gasteiger partial charge on any atom is -0.481 e. The number of rotatable bonds is 9. The number of allylic oxidation sites excluding steroid dienone is 1. The number of aryl methyl sites for hydroxylation is 2. The SMILES string of the molecule is Cc1noc(-c2ccc(-c3ccc(C4(CC(=O)O)CC4)cc3)cc2)c1/C=C\CCc1ccccc1. The molecule has 0 unspecified atom stereocenters. The summed E-state index contributed by atoms with van der Waals surface area (Å²) in [7, 11) is 0. The maximum absolute atomic E-state index is 11.2. The first kappa shape index (κ1) is 22.9. The Morgan fingerprint density at radius 2 is 1.57 bits per heavy atom. The summed E-state index contributed by atoms with van der Waals surface area (Å²) in [5.41, 5.74) is 7.41. The van der Waals surface area contributed by atoms with E-state index in [4.69, 9.17) is 4.52 Å². The Bertz CT molecular complexity index is 1330. The monoisotopic (exact) mass is 463 g/mol. The van der Waals surface area contributed by atoms with E-state index in [1.807, 2.05) is 13.0 Å². The average molecular weight is 464 g/mol. The molecule has 1 fully saturated rings. The van der Waals surface area contributed by atoms with E-state index in [0.717, 1.165) is 65.0 Å². The zero-order valence-electron chi connectivity index (χ0n) is 19.9. The molecule has 1 heterocycles. The number of aromatic nitrogens is 1. The van der Waals surface area contributed by atoms with E-state index < -0.39 is 5.97 Å². The van der Waals surface area contributed by atoms with Gasteiger partial charge >= 0.3 is 5.97 Å². The number of carboxylic acids is 1. The highest BCUT2D eigenvalue weighted by molar-refractivity contribution is 5.75. The average Bonchev–Trinajstić information content (AvgIpc) is 3.56. The third-order valence-electron chi connectivity index (χ3n) is 6.96. The van der Waals surface area contributed by atoms with E-state index in [9.17, 15) is 9.90 Å². The van der Waals surface area contributed by atoms with Gasteiger partial charge in [0.1, 0.15) is 0 Å². The van der Waals surface area contributed by atoms with Crippen LogP contribution in [0.2, 0.25) is 0 Å².